The molecule has 1 aromatic rings. The zero-order chi connectivity index (χ0) is 13.5. The second-order valence-electron chi connectivity index (χ2n) is 5.97. The van der Waals surface area contributed by atoms with E-state index >= 15 is 0 Å². The van der Waals surface area contributed by atoms with Crippen LogP contribution in [0.5, 0.6) is 11.5 Å². The van der Waals surface area contributed by atoms with Crippen molar-refractivity contribution in [3.63, 3.8) is 0 Å². The van der Waals surface area contributed by atoms with Gasteiger partial charge in [-0.05, 0) is 38.5 Å². The van der Waals surface area contributed by atoms with Gasteiger partial charge in [-0.3, -0.25) is 4.90 Å². The minimum Gasteiger partial charge on any atom is -0.454 e. The number of piperazine rings is 1. The van der Waals surface area contributed by atoms with Crippen molar-refractivity contribution in [2.45, 2.75) is 32.4 Å². The van der Waals surface area contributed by atoms with Crippen LogP contribution in [0.3, 0.4) is 0 Å². The molecule has 1 atom stereocenters. The second kappa shape index (κ2) is 4.69. The monoisotopic (exact) mass is 262 g/mol. The highest BCUT2D eigenvalue weighted by molar-refractivity contribution is 5.45. The average molecular weight is 262 g/mol. The summed E-state index contributed by atoms with van der Waals surface area (Å²) in [7, 11) is 0. The minimum atomic E-state index is 0.175. The number of rotatable bonds is 2. The molecule has 2 aliphatic heterocycles. The summed E-state index contributed by atoms with van der Waals surface area (Å²) in [5, 5.41) is 3.47. The van der Waals surface area contributed by atoms with Crippen molar-refractivity contribution in [3.8, 4) is 11.5 Å². The maximum atomic E-state index is 5.48. The average Bonchev–Trinajstić information content (AvgIpc) is 2.84. The van der Waals surface area contributed by atoms with E-state index in [1.807, 2.05) is 6.07 Å². The molecule has 1 saturated heterocycles. The molecule has 0 aromatic heterocycles. The lowest BCUT2D eigenvalue weighted by Crippen LogP contribution is -2.58. The molecule has 0 spiro atoms. The van der Waals surface area contributed by atoms with Crippen molar-refractivity contribution in [3.05, 3.63) is 23.8 Å². The van der Waals surface area contributed by atoms with Gasteiger partial charge in [-0.15, -0.1) is 0 Å². The molecule has 0 radical (unpaired) electrons. The Labute approximate surface area is 114 Å². The maximum Gasteiger partial charge on any atom is 0.231 e. The zero-order valence-electron chi connectivity index (χ0n) is 11.9. The Morgan fingerprint density at radius 2 is 2.05 bits per heavy atom. The number of nitrogens with zero attached hydrogens (tertiary/aromatic N) is 1. The summed E-state index contributed by atoms with van der Waals surface area (Å²) in [6.07, 6.45) is 0. The van der Waals surface area contributed by atoms with Crippen LogP contribution in [-0.2, 0) is 0 Å². The van der Waals surface area contributed by atoms with Crippen LogP contribution in [-0.4, -0.2) is 36.9 Å². The zero-order valence-corrected chi connectivity index (χ0v) is 11.9. The number of hydrogen-bond donors (Lipinski definition) is 1. The van der Waals surface area contributed by atoms with Crippen LogP contribution >= 0.6 is 0 Å². The first-order chi connectivity index (χ1) is 9.08. The predicted molar refractivity (Wildman–Crippen MR) is 74.6 cm³/mol. The molecule has 1 fully saturated rings. The largest absolute Gasteiger partial charge is 0.454 e. The molecule has 104 valence electrons. The van der Waals surface area contributed by atoms with Crippen molar-refractivity contribution in [2.75, 3.05) is 26.4 Å². The van der Waals surface area contributed by atoms with Crippen LogP contribution in [0.25, 0.3) is 0 Å². The van der Waals surface area contributed by atoms with Crippen LogP contribution in [0.2, 0.25) is 0 Å². The fourth-order valence-electron chi connectivity index (χ4n) is 3.07. The van der Waals surface area contributed by atoms with Gasteiger partial charge in [0.15, 0.2) is 11.5 Å². The van der Waals surface area contributed by atoms with Crippen LogP contribution in [0.4, 0.5) is 0 Å². The predicted octanol–water partition coefficient (Wildman–Crippen LogP) is 2.16. The Morgan fingerprint density at radius 1 is 1.26 bits per heavy atom. The molecule has 1 unspecified atom stereocenters. The van der Waals surface area contributed by atoms with Crippen LogP contribution in [0.15, 0.2) is 18.2 Å². The fourth-order valence-corrected chi connectivity index (χ4v) is 3.07. The van der Waals surface area contributed by atoms with Crippen molar-refractivity contribution >= 4 is 0 Å². The molecular weight excluding hydrogens is 240 g/mol. The van der Waals surface area contributed by atoms with Gasteiger partial charge >= 0.3 is 0 Å². The van der Waals surface area contributed by atoms with E-state index in [0.29, 0.717) is 12.8 Å². The maximum absolute atomic E-state index is 5.48. The summed E-state index contributed by atoms with van der Waals surface area (Å²) < 4.78 is 10.8. The lowest BCUT2D eigenvalue weighted by molar-refractivity contribution is 0.0516. The number of benzene rings is 1. The Hall–Kier alpha value is -1.26. The molecule has 2 aliphatic rings. The Bertz CT molecular complexity index is 473. The summed E-state index contributed by atoms with van der Waals surface area (Å²) in [5.41, 5.74) is 1.47. The SMILES string of the molecule is CC(c1ccc2c(c1)OCO2)N1CCNCC1(C)C. The van der Waals surface area contributed by atoms with E-state index in [1.54, 1.807) is 0 Å². The number of fused-ring (bicyclic) bond motifs is 1. The first kappa shape index (κ1) is 12.8. The molecule has 1 aromatic carbocycles. The van der Waals surface area contributed by atoms with Crippen molar-refractivity contribution in [1.29, 1.82) is 0 Å². The molecule has 4 nitrogen and oxygen atoms in total. The molecule has 2 heterocycles. The van der Waals surface area contributed by atoms with Gasteiger partial charge < -0.3 is 14.8 Å². The van der Waals surface area contributed by atoms with Gasteiger partial charge in [0.1, 0.15) is 0 Å². The van der Waals surface area contributed by atoms with E-state index in [1.165, 1.54) is 5.56 Å². The third-order valence-electron chi connectivity index (χ3n) is 4.21. The molecule has 0 amide bonds. The van der Waals surface area contributed by atoms with Crippen molar-refractivity contribution in [2.24, 2.45) is 0 Å². The summed E-state index contributed by atoms with van der Waals surface area (Å²) in [4.78, 5) is 2.56. The number of hydrogen-bond acceptors (Lipinski definition) is 4. The van der Waals surface area contributed by atoms with Gasteiger partial charge in [0.25, 0.3) is 0 Å². The molecule has 19 heavy (non-hydrogen) atoms. The van der Waals surface area contributed by atoms with Crippen LogP contribution < -0.4 is 14.8 Å². The molecule has 1 N–H and O–H groups in total. The lowest BCUT2D eigenvalue weighted by Gasteiger charge is -2.46. The summed E-state index contributed by atoms with van der Waals surface area (Å²) in [6, 6.07) is 6.66. The quantitative estimate of drug-likeness (QED) is 0.885. The smallest absolute Gasteiger partial charge is 0.231 e. The van der Waals surface area contributed by atoms with E-state index in [-0.39, 0.29) is 5.54 Å². The van der Waals surface area contributed by atoms with Crippen LogP contribution in [0, 0.1) is 0 Å². The van der Waals surface area contributed by atoms with E-state index in [2.05, 4.69) is 43.1 Å². The molecule has 0 aliphatic carbocycles. The first-order valence-corrected chi connectivity index (χ1v) is 6.95. The fraction of sp³-hybridized carbons (Fsp3) is 0.600. The standard InChI is InChI=1S/C15H22N2O2/c1-11(17-7-6-16-9-15(17,2)3)12-4-5-13-14(8-12)19-10-18-13/h4-5,8,11,16H,6-7,9-10H2,1-3H3. The summed E-state index contributed by atoms with van der Waals surface area (Å²) >= 11 is 0. The Morgan fingerprint density at radius 3 is 2.84 bits per heavy atom. The molecule has 0 bridgehead atoms. The highest BCUT2D eigenvalue weighted by Gasteiger charge is 2.33. The van der Waals surface area contributed by atoms with Crippen molar-refractivity contribution < 1.29 is 9.47 Å². The Kier molecular flexibility index (Phi) is 3.15. The minimum absolute atomic E-state index is 0.175. The van der Waals surface area contributed by atoms with E-state index in [9.17, 15) is 0 Å². The van der Waals surface area contributed by atoms with Crippen molar-refractivity contribution in [1.82, 2.24) is 10.2 Å². The van der Waals surface area contributed by atoms with Gasteiger partial charge in [0.05, 0.1) is 0 Å². The molecule has 0 saturated carbocycles. The third kappa shape index (κ3) is 2.30. The van der Waals surface area contributed by atoms with Gasteiger partial charge in [0.2, 0.25) is 6.79 Å². The Balaban J connectivity index is 1.85. The van der Waals surface area contributed by atoms with E-state index in [0.717, 1.165) is 31.1 Å². The first-order valence-electron chi connectivity index (χ1n) is 6.95. The highest BCUT2D eigenvalue weighted by Crippen LogP contribution is 2.37. The number of ether oxygens (including phenoxy) is 2. The van der Waals surface area contributed by atoms with Gasteiger partial charge in [-0.25, -0.2) is 0 Å². The third-order valence-corrected chi connectivity index (χ3v) is 4.21. The lowest BCUT2D eigenvalue weighted by atomic mass is 9.95. The molecule has 3 rings (SSSR count). The summed E-state index contributed by atoms with van der Waals surface area (Å²) in [6.45, 7) is 10.4. The van der Waals surface area contributed by atoms with Gasteiger partial charge in [-0.1, -0.05) is 6.07 Å². The van der Waals surface area contributed by atoms with Gasteiger partial charge in [0, 0.05) is 31.2 Å². The van der Waals surface area contributed by atoms with E-state index in [4.69, 9.17) is 9.47 Å². The summed E-state index contributed by atoms with van der Waals surface area (Å²) in [5.74, 6) is 1.73. The van der Waals surface area contributed by atoms with Crippen LogP contribution in [0.1, 0.15) is 32.4 Å². The normalized spacial score (nSPS) is 23.3. The highest BCUT2D eigenvalue weighted by atomic mass is 16.7. The second-order valence-corrected chi connectivity index (χ2v) is 5.97. The van der Waals surface area contributed by atoms with E-state index < -0.39 is 0 Å². The topological polar surface area (TPSA) is 33.7 Å². The number of nitrogens with one attached hydrogen (secondary N) is 1. The van der Waals surface area contributed by atoms with Gasteiger partial charge in [-0.2, -0.15) is 0 Å². The molecular formula is C15H22N2O2. The molecule has 4 heteroatoms.